The normalized spacial score (nSPS) is 21.7. The summed E-state index contributed by atoms with van der Waals surface area (Å²) in [5, 5.41) is 8.68. The van der Waals surface area contributed by atoms with E-state index in [1.807, 2.05) is 18.2 Å². The number of rotatable bonds is 4. The number of piperazine rings is 1. The molecule has 2 aromatic carbocycles. The van der Waals surface area contributed by atoms with E-state index in [1.54, 1.807) is 0 Å². The minimum absolute atomic E-state index is 0.641. The molecular weight excluding hydrogens is 386 g/mol. The van der Waals surface area contributed by atoms with E-state index in [9.17, 15) is 0 Å². The molecule has 0 spiro atoms. The predicted molar refractivity (Wildman–Crippen MR) is 115 cm³/mol. The van der Waals surface area contributed by atoms with Gasteiger partial charge in [0.2, 0.25) is 0 Å². The molecule has 0 amide bonds. The number of benzene rings is 2. The van der Waals surface area contributed by atoms with Crippen LogP contribution in [-0.2, 0) is 6.54 Å². The van der Waals surface area contributed by atoms with E-state index in [4.69, 9.17) is 16.2 Å². The van der Waals surface area contributed by atoms with Crippen LogP contribution in [0, 0.1) is 0 Å². The summed E-state index contributed by atoms with van der Waals surface area (Å²) >= 11 is 6.17. The molecule has 0 unspecified atom stereocenters. The Morgan fingerprint density at radius 2 is 1.83 bits per heavy atom. The smallest absolute Gasteiger partial charge is 0.135 e. The first-order valence-corrected chi connectivity index (χ1v) is 10.8. The molecule has 0 N–H and O–H groups in total. The Morgan fingerprint density at radius 3 is 2.69 bits per heavy atom. The second kappa shape index (κ2) is 8.30. The van der Waals surface area contributed by atoms with Crippen molar-refractivity contribution in [3.8, 4) is 0 Å². The number of fused-ring (bicyclic) bond motifs is 1. The maximum Gasteiger partial charge on any atom is 0.135 e. The monoisotopic (exact) mass is 411 g/mol. The van der Waals surface area contributed by atoms with E-state index in [2.05, 4.69) is 49.3 Å². The van der Waals surface area contributed by atoms with Crippen LogP contribution < -0.4 is 4.90 Å². The highest BCUT2D eigenvalue weighted by molar-refractivity contribution is 6.30. The predicted octanol–water partition coefficient (Wildman–Crippen LogP) is 3.66. The number of anilines is 1. The molecule has 3 heterocycles. The SMILES string of the molecule is Clc1cccc(N2CCN([C@H]3CCCN(Cc4ccc5nonc5c4)C3)CC2)c1. The molecule has 1 aromatic heterocycles. The van der Waals surface area contributed by atoms with Crippen molar-refractivity contribution >= 4 is 28.3 Å². The van der Waals surface area contributed by atoms with Gasteiger partial charge in [0.15, 0.2) is 0 Å². The van der Waals surface area contributed by atoms with Crippen LogP contribution in [0.3, 0.4) is 0 Å². The number of hydrogen-bond donors (Lipinski definition) is 0. The molecule has 2 fully saturated rings. The van der Waals surface area contributed by atoms with Gasteiger partial charge in [-0.1, -0.05) is 23.7 Å². The molecule has 2 saturated heterocycles. The van der Waals surface area contributed by atoms with Crippen molar-refractivity contribution in [1.82, 2.24) is 20.1 Å². The first-order chi connectivity index (χ1) is 14.2. The molecule has 0 bridgehead atoms. The van der Waals surface area contributed by atoms with Gasteiger partial charge in [-0.15, -0.1) is 0 Å². The quantitative estimate of drug-likeness (QED) is 0.653. The van der Waals surface area contributed by atoms with E-state index in [0.717, 1.165) is 61.9 Å². The van der Waals surface area contributed by atoms with Crippen molar-refractivity contribution in [3.63, 3.8) is 0 Å². The van der Waals surface area contributed by atoms with Gasteiger partial charge in [-0.25, -0.2) is 4.63 Å². The van der Waals surface area contributed by atoms with Gasteiger partial charge in [0.25, 0.3) is 0 Å². The van der Waals surface area contributed by atoms with Crippen LogP contribution in [0.25, 0.3) is 11.0 Å². The third-order valence-electron chi connectivity index (χ3n) is 6.21. The van der Waals surface area contributed by atoms with Crippen LogP contribution in [0.2, 0.25) is 5.02 Å². The maximum absolute atomic E-state index is 6.17. The van der Waals surface area contributed by atoms with E-state index in [-0.39, 0.29) is 0 Å². The average molecular weight is 412 g/mol. The number of halogens is 1. The second-order valence-electron chi connectivity index (χ2n) is 8.12. The average Bonchev–Trinajstić information content (AvgIpc) is 3.22. The van der Waals surface area contributed by atoms with Crippen LogP contribution in [0.1, 0.15) is 18.4 Å². The molecular formula is C22H26ClN5O. The lowest BCUT2D eigenvalue weighted by atomic mass is 10.0. The summed E-state index contributed by atoms with van der Waals surface area (Å²) in [5.41, 5.74) is 4.18. The Bertz CT molecular complexity index is 969. The van der Waals surface area contributed by atoms with Crippen molar-refractivity contribution in [3.05, 3.63) is 53.1 Å². The summed E-state index contributed by atoms with van der Waals surface area (Å²) in [6.07, 6.45) is 2.55. The summed E-state index contributed by atoms with van der Waals surface area (Å²) in [6, 6.07) is 15.1. The topological polar surface area (TPSA) is 48.6 Å². The minimum atomic E-state index is 0.641. The van der Waals surface area contributed by atoms with Crippen LogP contribution in [0.5, 0.6) is 0 Å². The van der Waals surface area contributed by atoms with Gasteiger partial charge in [0.1, 0.15) is 11.0 Å². The highest BCUT2D eigenvalue weighted by atomic mass is 35.5. The van der Waals surface area contributed by atoms with Gasteiger partial charge < -0.3 is 4.90 Å². The number of aromatic nitrogens is 2. The fraction of sp³-hybridized carbons (Fsp3) is 0.455. The molecule has 1 atom stereocenters. The molecule has 2 aliphatic rings. The highest BCUT2D eigenvalue weighted by Gasteiger charge is 2.28. The molecule has 5 rings (SSSR count). The Labute approximate surface area is 176 Å². The molecule has 0 saturated carbocycles. The molecule has 6 nitrogen and oxygen atoms in total. The van der Waals surface area contributed by atoms with Gasteiger partial charge in [-0.2, -0.15) is 0 Å². The standard InChI is InChI=1S/C22H26ClN5O/c23-18-3-1-4-19(14-18)27-9-11-28(12-10-27)20-5-2-8-26(16-20)15-17-6-7-21-22(13-17)25-29-24-21/h1,3-4,6-7,13-14,20H,2,5,8-12,15-16H2/t20-/m0/s1. The number of piperidine rings is 1. The first-order valence-electron chi connectivity index (χ1n) is 10.4. The molecule has 7 heteroatoms. The van der Waals surface area contributed by atoms with Crippen molar-refractivity contribution in [1.29, 1.82) is 0 Å². The van der Waals surface area contributed by atoms with Crippen LogP contribution in [-0.4, -0.2) is 65.4 Å². The third-order valence-corrected chi connectivity index (χ3v) is 6.44. The first kappa shape index (κ1) is 18.9. The van der Waals surface area contributed by atoms with E-state index in [0.29, 0.717) is 6.04 Å². The second-order valence-corrected chi connectivity index (χ2v) is 8.56. The van der Waals surface area contributed by atoms with Crippen LogP contribution in [0.4, 0.5) is 5.69 Å². The van der Waals surface area contributed by atoms with E-state index in [1.165, 1.54) is 24.1 Å². The van der Waals surface area contributed by atoms with Gasteiger partial charge in [-0.3, -0.25) is 9.80 Å². The number of hydrogen-bond acceptors (Lipinski definition) is 6. The zero-order valence-corrected chi connectivity index (χ0v) is 17.3. The fourth-order valence-corrected chi connectivity index (χ4v) is 4.86. The van der Waals surface area contributed by atoms with E-state index < -0.39 is 0 Å². The van der Waals surface area contributed by atoms with Gasteiger partial charge in [0, 0.05) is 56.0 Å². The van der Waals surface area contributed by atoms with Crippen molar-refractivity contribution in [2.75, 3.05) is 44.2 Å². The summed E-state index contributed by atoms with van der Waals surface area (Å²) < 4.78 is 4.82. The Hall–Kier alpha value is -2.15. The highest BCUT2D eigenvalue weighted by Crippen LogP contribution is 2.24. The summed E-state index contributed by atoms with van der Waals surface area (Å²) in [4.78, 5) is 7.70. The Balaban J connectivity index is 1.18. The summed E-state index contributed by atoms with van der Waals surface area (Å²) in [6.45, 7) is 7.60. The van der Waals surface area contributed by atoms with Crippen LogP contribution >= 0.6 is 11.6 Å². The third kappa shape index (κ3) is 4.25. The fourth-order valence-electron chi connectivity index (χ4n) is 4.68. The van der Waals surface area contributed by atoms with E-state index >= 15 is 0 Å². The largest absolute Gasteiger partial charge is 0.369 e. The van der Waals surface area contributed by atoms with Crippen molar-refractivity contribution in [2.45, 2.75) is 25.4 Å². The zero-order valence-electron chi connectivity index (χ0n) is 16.5. The van der Waals surface area contributed by atoms with Crippen molar-refractivity contribution in [2.24, 2.45) is 0 Å². The van der Waals surface area contributed by atoms with Gasteiger partial charge in [0.05, 0.1) is 0 Å². The Kier molecular flexibility index (Phi) is 5.40. The lowest BCUT2D eigenvalue weighted by Gasteiger charge is -2.44. The molecule has 0 radical (unpaired) electrons. The minimum Gasteiger partial charge on any atom is -0.369 e. The number of likely N-dealkylation sites (tertiary alicyclic amines) is 1. The molecule has 29 heavy (non-hydrogen) atoms. The van der Waals surface area contributed by atoms with Crippen LogP contribution in [0.15, 0.2) is 47.1 Å². The van der Waals surface area contributed by atoms with Gasteiger partial charge >= 0.3 is 0 Å². The maximum atomic E-state index is 6.17. The summed E-state index contributed by atoms with van der Waals surface area (Å²) in [7, 11) is 0. The number of nitrogens with zero attached hydrogens (tertiary/aromatic N) is 5. The lowest BCUT2D eigenvalue weighted by molar-refractivity contribution is 0.0888. The van der Waals surface area contributed by atoms with Gasteiger partial charge in [-0.05, 0) is 65.6 Å². The molecule has 0 aliphatic carbocycles. The lowest BCUT2D eigenvalue weighted by Crippen LogP contribution is -2.55. The van der Waals surface area contributed by atoms with Crippen molar-refractivity contribution < 1.29 is 4.63 Å². The molecule has 152 valence electrons. The Morgan fingerprint density at radius 1 is 0.966 bits per heavy atom. The zero-order chi connectivity index (χ0) is 19.6. The molecule has 3 aromatic rings. The summed E-state index contributed by atoms with van der Waals surface area (Å²) in [5.74, 6) is 0. The molecule has 2 aliphatic heterocycles.